The monoisotopic (exact) mass is 371 g/mol. The largest absolute Gasteiger partial charge is 0.490 e. The molecular formula is C18H23Cl2NO3. The lowest BCUT2D eigenvalue weighted by Gasteiger charge is -2.39. The number of halogens is 2. The molecular weight excluding hydrogens is 349 g/mol. The van der Waals surface area contributed by atoms with Gasteiger partial charge in [0, 0.05) is 35.0 Å². The van der Waals surface area contributed by atoms with E-state index in [9.17, 15) is 4.79 Å². The summed E-state index contributed by atoms with van der Waals surface area (Å²) in [6.07, 6.45) is 3.47. The normalized spacial score (nSPS) is 26.4. The molecule has 132 valence electrons. The van der Waals surface area contributed by atoms with E-state index in [1.54, 1.807) is 18.2 Å². The summed E-state index contributed by atoms with van der Waals surface area (Å²) in [6, 6.07) is 5.59. The van der Waals surface area contributed by atoms with Crippen molar-refractivity contribution in [1.82, 2.24) is 4.90 Å². The van der Waals surface area contributed by atoms with E-state index in [-0.39, 0.29) is 24.3 Å². The van der Waals surface area contributed by atoms with Crippen LogP contribution in [0.4, 0.5) is 4.79 Å². The Morgan fingerprint density at radius 1 is 1.08 bits per heavy atom. The van der Waals surface area contributed by atoms with Gasteiger partial charge in [0.25, 0.3) is 0 Å². The lowest BCUT2D eigenvalue weighted by Crippen LogP contribution is -2.50. The van der Waals surface area contributed by atoms with Crippen molar-refractivity contribution in [3.8, 4) is 5.75 Å². The zero-order chi connectivity index (χ0) is 17.5. The quantitative estimate of drug-likeness (QED) is 0.707. The molecule has 2 saturated heterocycles. The van der Waals surface area contributed by atoms with Crippen molar-refractivity contribution >= 4 is 29.3 Å². The fraction of sp³-hybridized carbons (Fsp3) is 0.611. The Bertz CT molecular complexity index is 595. The molecule has 0 spiro atoms. The Labute approximate surface area is 153 Å². The van der Waals surface area contributed by atoms with Crippen LogP contribution in [-0.4, -0.2) is 34.8 Å². The van der Waals surface area contributed by atoms with Gasteiger partial charge in [-0.25, -0.2) is 4.79 Å². The van der Waals surface area contributed by atoms with Crippen molar-refractivity contribution in [1.29, 1.82) is 0 Å². The molecule has 1 aromatic carbocycles. The van der Waals surface area contributed by atoms with Gasteiger partial charge in [-0.15, -0.1) is 0 Å². The zero-order valence-corrected chi connectivity index (χ0v) is 15.7. The van der Waals surface area contributed by atoms with E-state index >= 15 is 0 Å². The van der Waals surface area contributed by atoms with Crippen LogP contribution in [0.5, 0.6) is 5.75 Å². The van der Waals surface area contributed by atoms with Gasteiger partial charge in [-0.05, 0) is 51.8 Å². The Morgan fingerprint density at radius 2 is 1.62 bits per heavy atom. The molecule has 6 heteroatoms. The first kappa shape index (κ1) is 17.7. The molecule has 4 nitrogen and oxygen atoms in total. The third kappa shape index (κ3) is 4.09. The van der Waals surface area contributed by atoms with E-state index in [1.807, 2.05) is 25.7 Å². The van der Waals surface area contributed by atoms with Crippen molar-refractivity contribution < 1.29 is 14.3 Å². The first-order valence-electron chi connectivity index (χ1n) is 8.35. The number of fused-ring (bicyclic) bond motifs is 2. The lowest BCUT2D eigenvalue weighted by atomic mass is 10.00. The van der Waals surface area contributed by atoms with E-state index in [1.165, 1.54) is 0 Å². The lowest BCUT2D eigenvalue weighted by molar-refractivity contribution is -0.00706. The number of piperidine rings is 1. The summed E-state index contributed by atoms with van der Waals surface area (Å²) in [7, 11) is 0. The molecule has 2 fully saturated rings. The van der Waals surface area contributed by atoms with Gasteiger partial charge >= 0.3 is 6.09 Å². The molecule has 0 saturated carbocycles. The number of benzene rings is 1. The highest BCUT2D eigenvalue weighted by Crippen LogP contribution is 2.38. The standard InChI is InChI=1S/C18H23Cl2NO3/c1-18(2,3)24-17(22)21-13-4-5-14(21)10-16(9-13)23-15-7-11(19)6-12(20)8-15/h6-8,13-14,16H,4-5,9-10H2,1-3H3/t13-,14+,16+. The summed E-state index contributed by atoms with van der Waals surface area (Å²) in [5.41, 5.74) is -0.471. The maximum Gasteiger partial charge on any atom is 0.410 e. The summed E-state index contributed by atoms with van der Waals surface area (Å²) in [6.45, 7) is 5.68. The molecule has 1 amide bonds. The summed E-state index contributed by atoms with van der Waals surface area (Å²) < 4.78 is 11.6. The number of carbonyl (C=O) groups is 1. The van der Waals surface area contributed by atoms with Gasteiger partial charge in [-0.3, -0.25) is 0 Å². The number of hydrogen-bond donors (Lipinski definition) is 0. The van der Waals surface area contributed by atoms with Crippen LogP contribution < -0.4 is 4.74 Å². The third-order valence-electron chi connectivity index (χ3n) is 4.43. The Hall–Kier alpha value is -1.13. The SMILES string of the molecule is CC(C)(C)OC(=O)N1[C@@H]2CC[C@H]1C[C@@H](Oc1cc(Cl)cc(Cl)c1)C2. The van der Waals surface area contributed by atoms with Crippen LogP contribution in [0.15, 0.2) is 18.2 Å². The number of hydrogen-bond acceptors (Lipinski definition) is 3. The average Bonchev–Trinajstić information content (AvgIpc) is 2.68. The van der Waals surface area contributed by atoms with E-state index in [4.69, 9.17) is 32.7 Å². The van der Waals surface area contributed by atoms with Crippen LogP contribution in [-0.2, 0) is 4.74 Å². The number of carbonyl (C=O) groups excluding carboxylic acids is 1. The Balaban J connectivity index is 1.65. The van der Waals surface area contributed by atoms with Gasteiger partial charge in [-0.2, -0.15) is 0 Å². The molecule has 2 bridgehead atoms. The van der Waals surface area contributed by atoms with Crippen LogP contribution in [0.3, 0.4) is 0 Å². The number of amides is 1. The maximum atomic E-state index is 12.5. The topological polar surface area (TPSA) is 38.8 Å². The molecule has 0 aromatic heterocycles. The number of rotatable bonds is 2. The highest BCUT2D eigenvalue weighted by atomic mass is 35.5. The van der Waals surface area contributed by atoms with Crippen LogP contribution in [0.1, 0.15) is 46.5 Å². The van der Waals surface area contributed by atoms with Gasteiger partial charge in [0.05, 0.1) is 0 Å². The van der Waals surface area contributed by atoms with Gasteiger partial charge in [0.1, 0.15) is 17.5 Å². The van der Waals surface area contributed by atoms with Gasteiger partial charge in [-0.1, -0.05) is 23.2 Å². The van der Waals surface area contributed by atoms with Gasteiger partial charge in [0.2, 0.25) is 0 Å². The number of nitrogens with zero attached hydrogens (tertiary/aromatic N) is 1. The average molecular weight is 372 g/mol. The molecule has 2 aliphatic heterocycles. The minimum atomic E-state index is -0.471. The summed E-state index contributed by atoms with van der Waals surface area (Å²) in [5.74, 6) is 0.683. The predicted octanol–water partition coefficient (Wildman–Crippen LogP) is 5.30. The highest BCUT2D eigenvalue weighted by molar-refractivity contribution is 6.34. The van der Waals surface area contributed by atoms with Crippen molar-refractivity contribution in [3.63, 3.8) is 0 Å². The van der Waals surface area contributed by atoms with E-state index < -0.39 is 5.60 Å². The van der Waals surface area contributed by atoms with Gasteiger partial charge < -0.3 is 14.4 Å². The molecule has 24 heavy (non-hydrogen) atoms. The second-order valence-electron chi connectivity index (χ2n) is 7.59. The van der Waals surface area contributed by atoms with Crippen LogP contribution >= 0.6 is 23.2 Å². The van der Waals surface area contributed by atoms with Crippen LogP contribution in [0, 0.1) is 0 Å². The second kappa shape index (κ2) is 6.64. The summed E-state index contributed by atoms with van der Waals surface area (Å²) >= 11 is 12.1. The maximum absolute atomic E-state index is 12.5. The van der Waals surface area contributed by atoms with E-state index in [0.717, 1.165) is 25.7 Å². The first-order valence-corrected chi connectivity index (χ1v) is 9.11. The second-order valence-corrected chi connectivity index (χ2v) is 8.46. The summed E-state index contributed by atoms with van der Waals surface area (Å²) in [4.78, 5) is 14.4. The summed E-state index contributed by atoms with van der Waals surface area (Å²) in [5, 5.41) is 1.12. The molecule has 2 aliphatic rings. The predicted molar refractivity (Wildman–Crippen MR) is 95.0 cm³/mol. The minimum absolute atomic E-state index is 0.0655. The van der Waals surface area contributed by atoms with Crippen LogP contribution in [0.25, 0.3) is 0 Å². The fourth-order valence-electron chi connectivity index (χ4n) is 3.63. The molecule has 2 heterocycles. The fourth-order valence-corrected chi connectivity index (χ4v) is 4.13. The molecule has 3 rings (SSSR count). The highest BCUT2D eigenvalue weighted by Gasteiger charge is 2.45. The smallest absolute Gasteiger partial charge is 0.410 e. The minimum Gasteiger partial charge on any atom is -0.490 e. The molecule has 0 aliphatic carbocycles. The van der Waals surface area contributed by atoms with Crippen molar-refractivity contribution in [2.24, 2.45) is 0 Å². The van der Waals surface area contributed by atoms with Crippen molar-refractivity contribution in [3.05, 3.63) is 28.2 Å². The van der Waals surface area contributed by atoms with E-state index in [2.05, 4.69) is 0 Å². The van der Waals surface area contributed by atoms with E-state index in [0.29, 0.717) is 15.8 Å². The molecule has 0 unspecified atom stereocenters. The van der Waals surface area contributed by atoms with Crippen molar-refractivity contribution in [2.75, 3.05) is 0 Å². The number of ether oxygens (including phenoxy) is 2. The first-order chi connectivity index (χ1) is 11.2. The van der Waals surface area contributed by atoms with Crippen LogP contribution in [0.2, 0.25) is 10.0 Å². The van der Waals surface area contributed by atoms with Gasteiger partial charge in [0.15, 0.2) is 0 Å². The Kier molecular flexibility index (Phi) is 4.89. The molecule has 0 radical (unpaired) electrons. The Morgan fingerprint density at radius 3 is 2.12 bits per heavy atom. The molecule has 3 atom stereocenters. The van der Waals surface area contributed by atoms with Crippen molar-refractivity contribution in [2.45, 2.75) is 70.2 Å². The molecule has 1 aromatic rings. The third-order valence-corrected chi connectivity index (χ3v) is 4.87. The molecule has 0 N–H and O–H groups in total. The zero-order valence-electron chi connectivity index (χ0n) is 14.2.